The zero-order chi connectivity index (χ0) is 12.1. The standard InChI is InChI=1S/C12H19N3O/c1-9(2)5-7-15(3)12(16)11-8-10(13)4-6-14-11/h4,6,8-9H,5,7H2,1-3H3,(H2,13,14). The number of amides is 1. The Morgan fingerprint density at radius 2 is 2.25 bits per heavy atom. The summed E-state index contributed by atoms with van der Waals surface area (Å²) < 4.78 is 0. The van der Waals surface area contributed by atoms with Crippen LogP contribution in [-0.4, -0.2) is 29.4 Å². The predicted molar refractivity (Wildman–Crippen MR) is 65.1 cm³/mol. The van der Waals surface area contributed by atoms with Crippen LogP contribution in [0.5, 0.6) is 0 Å². The molecule has 0 saturated carbocycles. The number of aromatic nitrogens is 1. The number of hydrogen-bond donors (Lipinski definition) is 1. The van der Waals surface area contributed by atoms with Crippen molar-refractivity contribution in [3.63, 3.8) is 0 Å². The molecule has 1 rings (SSSR count). The average molecular weight is 221 g/mol. The summed E-state index contributed by atoms with van der Waals surface area (Å²) >= 11 is 0. The first-order valence-corrected chi connectivity index (χ1v) is 5.47. The van der Waals surface area contributed by atoms with Gasteiger partial charge >= 0.3 is 0 Å². The van der Waals surface area contributed by atoms with Gasteiger partial charge in [0.25, 0.3) is 5.91 Å². The molecule has 1 amide bonds. The van der Waals surface area contributed by atoms with Crippen molar-refractivity contribution in [3.8, 4) is 0 Å². The Hall–Kier alpha value is -1.58. The third-order valence-corrected chi connectivity index (χ3v) is 2.39. The number of carbonyl (C=O) groups is 1. The molecule has 0 bridgehead atoms. The molecule has 4 nitrogen and oxygen atoms in total. The molecule has 0 saturated heterocycles. The van der Waals surface area contributed by atoms with Gasteiger partial charge in [0.15, 0.2) is 0 Å². The Kier molecular flexibility index (Phi) is 4.28. The molecule has 1 heterocycles. The van der Waals surface area contributed by atoms with E-state index in [1.165, 1.54) is 0 Å². The maximum atomic E-state index is 11.9. The number of nitrogens with zero attached hydrogens (tertiary/aromatic N) is 2. The second-order valence-corrected chi connectivity index (χ2v) is 4.38. The van der Waals surface area contributed by atoms with Crippen molar-refractivity contribution in [1.82, 2.24) is 9.88 Å². The first kappa shape index (κ1) is 12.5. The van der Waals surface area contributed by atoms with Gasteiger partial charge < -0.3 is 10.6 Å². The van der Waals surface area contributed by atoms with E-state index >= 15 is 0 Å². The number of nitrogen functional groups attached to an aromatic ring is 1. The Labute approximate surface area is 96.5 Å². The third kappa shape index (κ3) is 3.53. The van der Waals surface area contributed by atoms with E-state index in [9.17, 15) is 4.79 Å². The highest BCUT2D eigenvalue weighted by Gasteiger charge is 2.13. The highest BCUT2D eigenvalue weighted by Crippen LogP contribution is 2.07. The molecule has 0 atom stereocenters. The molecule has 4 heteroatoms. The van der Waals surface area contributed by atoms with Crippen LogP contribution in [0, 0.1) is 5.92 Å². The van der Waals surface area contributed by atoms with Gasteiger partial charge in [-0.1, -0.05) is 13.8 Å². The highest BCUT2D eigenvalue weighted by molar-refractivity contribution is 5.92. The molecular formula is C12H19N3O. The number of hydrogen-bond acceptors (Lipinski definition) is 3. The van der Waals surface area contributed by atoms with E-state index in [1.807, 2.05) is 0 Å². The molecule has 2 N–H and O–H groups in total. The molecule has 0 aromatic carbocycles. The lowest BCUT2D eigenvalue weighted by Gasteiger charge is -2.17. The van der Waals surface area contributed by atoms with Crippen molar-refractivity contribution in [2.24, 2.45) is 5.92 Å². The van der Waals surface area contributed by atoms with Crippen LogP contribution in [0.25, 0.3) is 0 Å². The van der Waals surface area contributed by atoms with Gasteiger partial charge in [0.05, 0.1) is 0 Å². The van der Waals surface area contributed by atoms with Crippen LogP contribution in [0.15, 0.2) is 18.3 Å². The SMILES string of the molecule is CC(C)CCN(C)C(=O)c1cc(N)ccn1. The largest absolute Gasteiger partial charge is 0.399 e. The van der Waals surface area contributed by atoms with Crippen LogP contribution in [-0.2, 0) is 0 Å². The third-order valence-electron chi connectivity index (χ3n) is 2.39. The topological polar surface area (TPSA) is 59.2 Å². The van der Waals surface area contributed by atoms with E-state index in [2.05, 4.69) is 18.8 Å². The number of pyridine rings is 1. The second-order valence-electron chi connectivity index (χ2n) is 4.38. The van der Waals surface area contributed by atoms with E-state index in [4.69, 9.17) is 5.73 Å². The predicted octanol–water partition coefficient (Wildman–Crippen LogP) is 1.78. The fourth-order valence-electron chi connectivity index (χ4n) is 1.31. The number of anilines is 1. The Morgan fingerprint density at radius 3 is 2.81 bits per heavy atom. The lowest BCUT2D eigenvalue weighted by Crippen LogP contribution is -2.29. The van der Waals surface area contributed by atoms with E-state index in [1.54, 1.807) is 30.3 Å². The van der Waals surface area contributed by atoms with Crippen LogP contribution in [0.4, 0.5) is 5.69 Å². The van der Waals surface area contributed by atoms with Gasteiger partial charge in [0.1, 0.15) is 5.69 Å². The van der Waals surface area contributed by atoms with Gasteiger partial charge in [-0.25, -0.2) is 0 Å². The van der Waals surface area contributed by atoms with Crippen LogP contribution >= 0.6 is 0 Å². The first-order valence-electron chi connectivity index (χ1n) is 5.47. The van der Waals surface area contributed by atoms with E-state index in [-0.39, 0.29) is 5.91 Å². The molecular weight excluding hydrogens is 202 g/mol. The Balaban J connectivity index is 2.63. The molecule has 0 aliphatic heterocycles. The van der Waals surface area contributed by atoms with Gasteiger partial charge in [-0.3, -0.25) is 9.78 Å². The van der Waals surface area contributed by atoms with E-state index < -0.39 is 0 Å². The van der Waals surface area contributed by atoms with Crippen molar-refractivity contribution in [2.45, 2.75) is 20.3 Å². The van der Waals surface area contributed by atoms with Crippen molar-refractivity contribution in [1.29, 1.82) is 0 Å². The molecule has 88 valence electrons. The van der Waals surface area contributed by atoms with Gasteiger partial charge in [-0.15, -0.1) is 0 Å². The highest BCUT2D eigenvalue weighted by atomic mass is 16.2. The van der Waals surface area contributed by atoms with Crippen LogP contribution in [0.1, 0.15) is 30.8 Å². The minimum absolute atomic E-state index is 0.0760. The summed E-state index contributed by atoms with van der Waals surface area (Å²) in [5.41, 5.74) is 6.58. The minimum atomic E-state index is -0.0760. The summed E-state index contributed by atoms with van der Waals surface area (Å²) in [4.78, 5) is 17.6. The molecule has 0 unspecified atom stereocenters. The summed E-state index contributed by atoms with van der Waals surface area (Å²) in [5.74, 6) is 0.511. The number of rotatable bonds is 4. The van der Waals surface area contributed by atoms with Crippen LogP contribution in [0.3, 0.4) is 0 Å². The average Bonchev–Trinajstić information content (AvgIpc) is 2.24. The maximum absolute atomic E-state index is 11.9. The summed E-state index contributed by atoms with van der Waals surface area (Å²) in [5, 5.41) is 0. The molecule has 1 aromatic rings. The summed E-state index contributed by atoms with van der Waals surface area (Å²) in [7, 11) is 1.79. The number of carbonyl (C=O) groups excluding carboxylic acids is 1. The van der Waals surface area contributed by atoms with Gasteiger partial charge in [-0.2, -0.15) is 0 Å². The molecule has 0 aliphatic rings. The van der Waals surface area contributed by atoms with Crippen molar-refractivity contribution >= 4 is 11.6 Å². The smallest absolute Gasteiger partial charge is 0.272 e. The molecule has 16 heavy (non-hydrogen) atoms. The summed E-state index contributed by atoms with van der Waals surface area (Å²) in [6, 6.07) is 3.28. The Bertz CT molecular complexity index is 363. The monoisotopic (exact) mass is 221 g/mol. The normalized spacial score (nSPS) is 10.5. The quantitative estimate of drug-likeness (QED) is 0.843. The molecule has 0 spiro atoms. The van der Waals surface area contributed by atoms with Gasteiger partial charge in [-0.05, 0) is 24.5 Å². The summed E-state index contributed by atoms with van der Waals surface area (Å²) in [6.07, 6.45) is 2.55. The maximum Gasteiger partial charge on any atom is 0.272 e. The van der Waals surface area contributed by atoms with Gasteiger partial charge in [0, 0.05) is 25.5 Å². The zero-order valence-electron chi connectivity index (χ0n) is 10.1. The van der Waals surface area contributed by atoms with E-state index in [0.29, 0.717) is 17.3 Å². The molecule has 1 aromatic heterocycles. The van der Waals surface area contributed by atoms with Crippen LogP contribution < -0.4 is 5.73 Å². The summed E-state index contributed by atoms with van der Waals surface area (Å²) in [6.45, 7) is 5.02. The molecule has 0 fully saturated rings. The molecule has 0 aliphatic carbocycles. The lowest BCUT2D eigenvalue weighted by atomic mass is 10.1. The molecule has 0 radical (unpaired) electrons. The lowest BCUT2D eigenvalue weighted by molar-refractivity contribution is 0.0783. The second kappa shape index (κ2) is 5.49. The van der Waals surface area contributed by atoms with Crippen molar-refractivity contribution in [3.05, 3.63) is 24.0 Å². The zero-order valence-corrected chi connectivity index (χ0v) is 10.1. The number of nitrogens with two attached hydrogens (primary N) is 1. The Morgan fingerprint density at radius 1 is 1.56 bits per heavy atom. The van der Waals surface area contributed by atoms with Crippen molar-refractivity contribution < 1.29 is 4.79 Å². The van der Waals surface area contributed by atoms with E-state index in [0.717, 1.165) is 13.0 Å². The fourth-order valence-corrected chi connectivity index (χ4v) is 1.31. The van der Waals surface area contributed by atoms with Crippen molar-refractivity contribution in [2.75, 3.05) is 19.3 Å². The van der Waals surface area contributed by atoms with Gasteiger partial charge in [0.2, 0.25) is 0 Å². The first-order chi connectivity index (χ1) is 7.50. The van der Waals surface area contributed by atoms with Crippen LogP contribution in [0.2, 0.25) is 0 Å². The fraction of sp³-hybridized carbons (Fsp3) is 0.500. The minimum Gasteiger partial charge on any atom is -0.399 e.